The first-order valence-electron chi connectivity index (χ1n) is 6.90. The van der Waals surface area contributed by atoms with Crippen molar-refractivity contribution >= 4 is 35.4 Å². The molecule has 0 saturated heterocycles. The number of H-pyrrole nitrogens is 1. The highest BCUT2D eigenvalue weighted by atomic mass is 32.2. The topological polar surface area (TPSA) is 108 Å². The molecule has 0 bridgehead atoms. The third-order valence-corrected chi connectivity index (χ3v) is 3.91. The summed E-state index contributed by atoms with van der Waals surface area (Å²) in [6, 6.07) is 6.49. The summed E-state index contributed by atoms with van der Waals surface area (Å²) in [6.45, 7) is 1.59. The number of benzene rings is 1. The van der Waals surface area contributed by atoms with Gasteiger partial charge in [0.2, 0.25) is 17.0 Å². The number of thioether (sulfide) groups is 1. The standard InChI is InChI=1S/C14H13N5O3S/c1-2-23-14-16-13(17-18-14)15-10(20)7-19-11(21)8-5-3-4-6-9(8)12(19)22/h3-6H,2,7H2,1H3,(H2,15,16,17,18,20). The summed E-state index contributed by atoms with van der Waals surface area (Å²) in [5.74, 6) is -0.479. The third kappa shape index (κ3) is 2.95. The molecule has 1 aromatic carbocycles. The third-order valence-electron chi connectivity index (χ3n) is 3.18. The number of aromatic nitrogens is 3. The van der Waals surface area contributed by atoms with Crippen molar-refractivity contribution in [2.75, 3.05) is 17.6 Å². The maximum atomic E-state index is 12.2. The van der Waals surface area contributed by atoms with Gasteiger partial charge in [0.25, 0.3) is 11.8 Å². The van der Waals surface area contributed by atoms with Gasteiger partial charge in [-0.25, -0.2) is 5.10 Å². The Hall–Kier alpha value is -2.68. The van der Waals surface area contributed by atoms with E-state index in [-0.39, 0.29) is 12.5 Å². The number of carbonyl (C=O) groups excluding carboxylic acids is 3. The van der Waals surface area contributed by atoms with Crippen LogP contribution in [0.4, 0.5) is 5.95 Å². The van der Waals surface area contributed by atoms with Crippen molar-refractivity contribution in [2.24, 2.45) is 0 Å². The minimum atomic E-state index is -0.524. The number of imide groups is 1. The van der Waals surface area contributed by atoms with Crippen molar-refractivity contribution in [1.29, 1.82) is 0 Å². The molecular weight excluding hydrogens is 318 g/mol. The molecule has 0 fully saturated rings. The molecule has 0 radical (unpaired) electrons. The molecule has 0 spiro atoms. The van der Waals surface area contributed by atoms with E-state index in [9.17, 15) is 14.4 Å². The Morgan fingerprint density at radius 3 is 2.52 bits per heavy atom. The minimum absolute atomic E-state index is 0.183. The number of carbonyl (C=O) groups is 3. The molecule has 2 heterocycles. The van der Waals surface area contributed by atoms with E-state index >= 15 is 0 Å². The summed E-state index contributed by atoms with van der Waals surface area (Å²) in [6.07, 6.45) is 0. The molecule has 0 atom stereocenters. The number of amides is 3. The summed E-state index contributed by atoms with van der Waals surface area (Å²) in [7, 11) is 0. The zero-order valence-electron chi connectivity index (χ0n) is 12.2. The number of nitrogens with one attached hydrogen (secondary N) is 2. The van der Waals surface area contributed by atoms with Crippen LogP contribution in [-0.2, 0) is 4.79 Å². The highest BCUT2D eigenvalue weighted by molar-refractivity contribution is 7.99. The van der Waals surface area contributed by atoms with Gasteiger partial charge in [-0.1, -0.05) is 30.8 Å². The summed E-state index contributed by atoms with van der Waals surface area (Å²) in [5.41, 5.74) is 0.623. The Labute approximate surface area is 135 Å². The SMILES string of the molecule is CCSc1n[nH]c(NC(=O)CN2C(=O)c3ccccc3C2=O)n1. The van der Waals surface area contributed by atoms with Crippen molar-refractivity contribution in [3.8, 4) is 0 Å². The van der Waals surface area contributed by atoms with Crippen LogP contribution < -0.4 is 5.32 Å². The smallest absolute Gasteiger partial charge is 0.262 e. The number of fused-ring (bicyclic) bond motifs is 1. The lowest BCUT2D eigenvalue weighted by Gasteiger charge is -2.12. The summed E-state index contributed by atoms with van der Waals surface area (Å²) < 4.78 is 0. The molecule has 1 aliphatic heterocycles. The van der Waals surface area contributed by atoms with E-state index in [1.165, 1.54) is 11.8 Å². The van der Waals surface area contributed by atoms with Crippen LogP contribution in [0.25, 0.3) is 0 Å². The molecule has 3 rings (SSSR count). The van der Waals surface area contributed by atoms with Gasteiger partial charge in [-0.05, 0) is 17.9 Å². The van der Waals surface area contributed by atoms with Crippen LogP contribution in [-0.4, -0.2) is 50.1 Å². The first-order valence-corrected chi connectivity index (χ1v) is 7.89. The van der Waals surface area contributed by atoms with Crippen LogP contribution in [0.15, 0.2) is 29.4 Å². The molecule has 2 aromatic rings. The highest BCUT2D eigenvalue weighted by Crippen LogP contribution is 2.22. The second-order valence-corrected chi connectivity index (χ2v) is 5.92. The van der Waals surface area contributed by atoms with Gasteiger partial charge >= 0.3 is 0 Å². The molecule has 23 heavy (non-hydrogen) atoms. The molecule has 0 saturated carbocycles. The van der Waals surface area contributed by atoms with E-state index in [1.807, 2.05) is 6.92 Å². The van der Waals surface area contributed by atoms with E-state index in [1.54, 1.807) is 24.3 Å². The van der Waals surface area contributed by atoms with Crippen LogP contribution >= 0.6 is 11.8 Å². The number of hydrogen-bond donors (Lipinski definition) is 2. The lowest BCUT2D eigenvalue weighted by molar-refractivity contribution is -0.116. The van der Waals surface area contributed by atoms with Gasteiger partial charge in [-0.15, -0.1) is 5.10 Å². The fourth-order valence-electron chi connectivity index (χ4n) is 2.19. The second kappa shape index (κ2) is 6.21. The van der Waals surface area contributed by atoms with Crippen LogP contribution in [0, 0.1) is 0 Å². The first-order chi connectivity index (χ1) is 11.1. The van der Waals surface area contributed by atoms with Crippen molar-refractivity contribution in [1.82, 2.24) is 20.1 Å². The molecule has 2 N–H and O–H groups in total. The minimum Gasteiger partial charge on any atom is -0.293 e. The lowest BCUT2D eigenvalue weighted by Crippen LogP contribution is -2.37. The van der Waals surface area contributed by atoms with E-state index in [0.29, 0.717) is 16.3 Å². The average molecular weight is 331 g/mol. The Bertz CT molecular complexity index is 753. The van der Waals surface area contributed by atoms with Crippen molar-refractivity contribution in [3.05, 3.63) is 35.4 Å². The summed E-state index contributed by atoms with van der Waals surface area (Å²) in [4.78, 5) is 41.3. The molecule has 118 valence electrons. The Morgan fingerprint density at radius 2 is 1.91 bits per heavy atom. The highest BCUT2D eigenvalue weighted by Gasteiger charge is 2.36. The van der Waals surface area contributed by atoms with E-state index < -0.39 is 17.7 Å². The monoisotopic (exact) mass is 331 g/mol. The number of nitrogens with zero attached hydrogens (tertiary/aromatic N) is 3. The molecule has 1 aromatic heterocycles. The maximum absolute atomic E-state index is 12.2. The second-order valence-electron chi connectivity index (χ2n) is 4.69. The normalized spacial score (nSPS) is 13.3. The quantitative estimate of drug-likeness (QED) is 0.628. The van der Waals surface area contributed by atoms with Gasteiger partial charge in [-0.3, -0.25) is 24.6 Å². The molecular formula is C14H13N5O3S. The fraction of sp³-hybridized carbons (Fsp3) is 0.214. The summed E-state index contributed by atoms with van der Waals surface area (Å²) >= 11 is 1.43. The predicted octanol–water partition coefficient (Wildman–Crippen LogP) is 1.15. The van der Waals surface area contributed by atoms with Gasteiger partial charge in [0.15, 0.2) is 0 Å². The van der Waals surface area contributed by atoms with Crippen molar-refractivity contribution in [3.63, 3.8) is 0 Å². The molecule has 3 amide bonds. The van der Waals surface area contributed by atoms with Crippen molar-refractivity contribution < 1.29 is 14.4 Å². The van der Waals surface area contributed by atoms with Gasteiger partial charge in [0.1, 0.15) is 6.54 Å². The van der Waals surface area contributed by atoms with Gasteiger partial charge in [-0.2, -0.15) is 4.98 Å². The fourth-order valence-corrected chi connectivity index (χ4v) is 2.72. The average Bonchev–Trinajstić information content (AvgIpc) is 3.07. The largest absolute Gasteiger partial charge is 0.293 e. The van der Waals surface area contributed by atoms with Crippen LogP contribution in [0.3, 0.4) is 0 Å². The van der Waals surface area contributed by atoms with Crippen LogP contribution in [0.1, 0.15) is 27.6 Å². The number of aromatic amines is 1. The van der Waals surface area contributed by atoms with Crippen LogP contribution in [0.5, 0.6) is 0 Å². The molecule has 0 aliphatic carbocycles. The van der Waals surface area contributed by atoms with Crippen molar-refractivity contribution in [2.45, 2.75) is 12.1 Å². The number of hydrogen-bond acceptors (Lipinski definition) is 6. The van der Waals surface area contributed by atoms with Gasteiger partial charge in [0.05, 0.1) is 11.1 Å². The molecule has 0 unspecified atom stereocenters. The Kier molecular flexibility index (Phi) is 4.11. The zero-order chi connectivity index (χ0) is 16.4. The Morgan fingerprint density at radius 1 is 1.26 bits per heavy atom. The number of anilines is 1. The molecule has 1 aliphatic rings. The Balaban J connectivity index is 1.66. The lowest BCUT2D eigenvalue weighted by atomic mass is 10.1. The van der Waals surface area contributed by atoms with E-state index in [4.69, 9.17) is 0 Å². The van der Waals surface area contributed by atoms with Gasteiger partial charge < -0.3 is 0 Å². The van der Waals surface area contributed by atoms with E-state index in [0.717, 1.165) is 10.7 Å². The zero-order valence-corrected chi connectivity index (χ0v) is 13.0. The first kappa shape index (κ1) is 15.2. The molecule has 8 nitrogen and oxygen atoms in total. The van der Waals surface area contributed by atoms with Gasteiger partial charge in [0, 0.05) is 0 Å². The predicted molar refractivity (Wildman–Crippen MR) is 83.2 cm³/mol. The van der Waals surface area contributed by atoms with E-state index in [2.05, 4.69) is 20.5 Å². The van der Waals surface area contributed by atoms with Crippen LogP contribution in [0.2, 0.25) is 0 Å². The molecule has 9 heteroatoms. The maximum Gasteiger partial charge on any atom is 0.262 e. The summed E-state index contributed by atoms with van der Waals surface area (Å²) in [5, 5.41) is 9.51. The number of rotatable bonds is 5.